The van der Waals surface area contributed by atoms with Crippen LogP contribution in [0.25, 0.3) is 5.69 Å². The Bertz CT molecular complexity index is 540. The van der Waals surface area contributed by atoms with E-state index in [1.54, 1.807) is 23.8 Å². The van der Waals surface area contributed by atoms with Crippen LogP contribution in [0.15, 0.2) is 18.2 Å². The third-order valence-corrected chi connectivity index (χ3v) is 2.96. The summed E-state index contributed by atoms with van der Waals surface area (Å²) in [5.41, 5.74) is 0.832. The summed E-state index contributed by atoms with van der Waals surface area (Å²) < 4.78 is 6.93. The molecule has 0 unspecified atom stereocenters. The predicted octanol–water partition coefficient (Wildman–Crippen LogP) is 3.15. The van der Waals surface area contributed by atoms with Crippen molar-refractivity contribution in [1.29, 1.82) is 0 Å². The predicted molar refractivity (Wildman–Crippen MR) is 67.3 cm³/mol. The molecule has 0 spiro atoms. The Morgan fingerprint density at radius 2 is 2.06 bits per heavy atom. The number of halogens is 2. The number of rotatable bonds is 3. The van der Waals surface area contributed by atoms with E-state index < -0.39 is 0 Å². The van der Waals surface area contributed by atoms with Crippen molar-refractivity contribution in [3.8, 4) is 11.4 Å². The molecule has 0 radical (unpaired) electrons. The lowest BCUT2D eigenvalue weighted by Crippen LogP contribution is -2.00. The Morgan fingerprint density at radius 1 is 1.29 bits per heavy atom. The zero-order valence-corrected chi connectivity index (χ0v) is 11.0. The van der Waals surface area contributed by atoms with Crippen molar-refractivity contribution in [2.45, 2.75) is 13.3 Å². The molecule has 0 amide bonds. The number of hydrogen-bond donors (Lipinski definition) is 0. The largest absolute Gasteiger partial charge is 0.495 e. The average Bonchev–Trinajstić information content (AvgIpc) is 2.71. The summed E-state index contributed by atoms with van der Waals surface area (Å²) in [7, 11) is 1.57. The Morgan fingerprint density at radius 3 is 2.71 bits per heavy atom. The summed E-state index contributed by atoms with van der Waals surface area (Å²) in [5.74, 6) is 1.38. The molecular weight excluding hydrogens is 261 g/mol. The molecule has 0 atom stereocenters. The van der Waals surface area contributed by atoms with E-state index in [0.717, 1.165) is 17.9 Å². The highest BCUT2D eigenvalue weighted by Gasteiger charge is 2.12. The SMILES string of the molecule is CCc1nnc(Cl)n1-c1ccc(Cl)c(OC)c1. The third kappa shape index (κ3) is 2.23. The lowest BCUT2D eigenvalue weighted by Gasteiger charge is -2.09. The number of methoxy groups -OCH3 is 1. The van der Waals surface area contributed by atoms with Crippen LogP contribution >= 0.6 is 23.2 Å². The van der Waals surface area contributed by atoms with E-state index in [-0.39, 0.29) is 0 Å². The number of hydrogen-bond acceptors (Lipinski definition) is 3. The maximum Gasteiger partial charge on any atom is 0.229 e. The van der Waals surface area contributed by atoms with Gasteiger partial charge in [0.15, 0.2) is 0 Å². The first-order chi connectivity index (χ1) is 8.17. The fraction of sp³-hybridized carbons (Fsp3) is 0.273. The van der Waals surface area contributed by atoms with E-state index in [1.165, 1.54) is 0 Å². The minimum atomic E-state index is 0.325. The fourth-order valence-electron chi connectivity index (χ4n) is 1.57. The van der Waals surface area contributed by atoms with Crippen LogP contribution in [-0.2, 0) is 6.42 Å². The second-order valence-corrected chi connectivity index (χ2v) is 4.14. The Kier molecular flexibility index (Phi) is 3.54. The zero-order chi connectivity index (χ0) is 12.4. The van der Waals surface area contributed by atoms with Gasteiger partial charge in [-0.25, -0.2) is 0 Å². The van der Waals surface area contributed by atoms with E-state index in [1.807, 2.05) is 13.0 Å². The second-order valence-electron chi connectivity index (χ2n) is 3.39. The van der Waals surface area contributed by atoms with E-state index in [0.29, 0.717) is 16.1 Å². The Labute approximate surface area is 109 Å². The topological polar surface area (TPSA) is 39.9 Å². The maximum absolute atomic E-state index is 6.01. The van der Waals surface area contributed by atoms with E-state index in [2.05, 4.69) is 10.2 Å². The Hall–Kier alpha value is -1.26. The van der Waals surface area contributed by atoms with Gasteiger partial charge in [0.1, 0.15) is 11.6 Å². The number of aryl methyl sites for hydroxylation is 1. The molecule has 6 heteroatoms. The molecule has 0 saturated heterocycles. The van der Waals surface area contributed by atoms with E-state index in [4.69, 9.17) is 27.9 Å². The summed E-state index contributed by atoms with van der Waals surface area (Å²) in [4.78, 5) is 0. The van der Waals surface area contributed by atoms with Crippen LogP contribution in [0.1, 0.15) is 12.7 Å². The zero-order valence-electron chi connectivity index (χ0n) is 9.44. The molecule has 2 aromatic rings. The van der Waals surface area contributed by atoms with Crippen LogP contribution in [-0.4, -0.2) is 21.9 Å². The highest BCUT2D eigenvalue weighted by molar-refractivity contribution is 6.32. The van der Waals surface area contributed by atoms with Gasteiger partial charge < -0.3 is 4.74 Å². The van der Waals surface area contributed by atoms with Crippen LogP contribution in [0.3, 0.4) is 0 Å². The highest BCUT2D eigenvalue weighted by Crippen LogP contribution is 2.28. The highest BCUT2D eigenvalue weighted by atomic mass is 35.5. The van der Waals surface area contributed by atoms with E-state index >= 15 is 0 Å². The number of benzene rings is 1. The Balaban J connectivity index is 2.56. The molecule has 0 aliphatic heterocycles. The van der Waals surface area contributed by atoms with Crippen molar-refractivity contribution in [3.05, 3.63) is 34.3 Å². The van der Waals surface area contributed by atoms with Gasteiger partial charge >= 0.3 is 0 Å². The monoisotopic (exact) mass is 271 g/mol. The molecule has 0 N–H and O–H groups in total. The van der Waals surface area contributed by atoms with Crippen molar-refractivity contribution in [1.82, 2.24) is 14.8 Å². The van der Waals surface area contributed by atoms with Crippen LogP contribution in [0.2, 0.25) is 10.3 Å². The molecule has 90 valence electrons. The van der Waals surface area contributed by atoms with E-state index in [9.17, 15) is 0 Å². The average molecular weight is 272 g/mol. The molecule has 17 heavy (non-hydrogen) atoms. The lowest BCUT2D eigenvalue weighted by molar-refractivity contribution is 0.415. The van der Waals surface area contributed by atoms with Crippen molar-refractivity contribution in [3.63, 3.8) is 0 Å². The second kappa shape index (κ2) is 4.94. The molecule has 0 bridgehead atoms. The maximum atomic E-state index is 6.01. The van der Waals surface area contributed by atoms with Crippen LogP contribution in [0.4, 0.5) is 0 Å². The molecule has 2 rings (SSSR count). The molecule has 4 nitrogen and oxygen atoms in total. The summed E-state index contributed by atoms with van der Waals surface area (Å²) in [6, 6.07) is 5.40. The molecule has 0 saturated carbocycles. The number of nitrogens with zero attached hydrogens (tertiary/aromatic N) is 3. The minimum Gasteiger partial charge on any atom is -0.495 e. The van der Waals surface area contributed by atoms with Gasteiger partial charge in [0.25, 0.3) is 0 Å². The first-order valence-electron chi connectivity index (χ1n) is 5.11. The van der Waals surface area contributed by atoms with Gasteiger partial charge in [0.2, 0.25) is 5.28 Å². The van der Waals surface area contributed by atoms with Gasteiger partial charge in [-0.05, 0) is 23.7 Å². The van der Waals surface area contributed by atoms with Crippen molar-refractivity contribution in [2.75, 3.05) is 7.11 Å². The lowest BCUT2D eigenvalue weighted by atomic mass is 10.3. The summed E-state index contributed by atoms with van der Waals surface area (Å²) in [5, 5.41) is 8.72. The molecule has 1 heterocycles. The fourth-order valence-corrected chi connectivity index (χ4v) is 1.99. The standard InChI is InChI=1S/C11H11Cl2N3O/c1-3-10-14-15-11(13)16(10)7-4-5-8(12)9(6-7)17-2/h4-6H,3H2,1-2H3. The van der Waals surface area contributed by atoms with Crippen molar-refractivity contribution >= 4 is 23.2 Å². The van der Waals surface area contributed by atoms with Crippen molar-refractivity contribution < 1.29 is 4.74 Å². The summed E-state index contributed by atoms with van der Waals surface area (Å²) in [6.45, 7) is 1.99. The smallest absolute Gasteiger partial charge is 0.229 e. The molecule has 0 aliphatic rings. The normalized spacial score (nSPS) is 10.6. The van der Waals surface area contributed by atoms with Gasteiger partial charge in [-0.3, -0.25) is 4.57 Å². The first kappa shape index (κ1) is 12.2. The van der Waals surface area contributed by atoms with Crippen LogP contribution in [0.5, 0.6) is 5.75 Å². The van der Waals surface area contributed by atoms with Crippen molar-refractivity contribution in [2.24, 2.45) is 0 Å². The van der Waals surface area contributed by atoms with Gasteiger partial charge in [-0.15, -0.1) is 10.2 Å². The first-order valence-corrected chi connectivity index (χ1v) is 5.86. The summed E-state index contributed by atoms with van der Waals surface area (Å²) >= 11 is 12.0. The van der Waals surface area contributed by atoms with Gasteiger partial charge in [-0.2, -0.15) is 0 Å². The molecule has 0 fully saturated rings. The third-order valence-electron chi connectivity index (χ3n) is 2.40. The van der Waals surface area contributed by atoms with Gasteiger partial charge in [0.05, 0.1) is 17.8 Å². The quantitative estimate of drug-likeness (QED) is 0.861. The number of aromatic nitrogens is 3. The minimum absolute atomic E-state index is 0.325. The molecule has 1 aromatic carbocycles. The van der Waals surface area contributed by atoms with Gasteiger partial charge in [-0.1, -0.05) is 18.5 Å². The van der Waals surface area contributed by atoms with Crippen LogP contribution in [0, 0.1) is 0 Å². The summed E-state index contributed by atoms with van der Waals surface area (Å²) in [6.07, 6.45) is 0.741. The molecule has 0 aliphatic carbocycles. The molecule has 1 aromatic heterocycles. The van der Waals surface area contributed by atoms with Crippen LogP contribution < -0.4 is 4.74 Å². The molecular formula is C11H11Cl2N3O. The van der Waals surface area contributed by atoms with Gasteiger partial charge in [0, 0.05) is 12.5 Å². The number of ether oxygens (including phenoxy) is 1.